The summed E-state index contributed by atoms with van der Waals surface area (Å²) in [5.74, 6) is 0.442. The molecule has 2 heteroatoms. The van der Waals surface area contributed by atoms with E-state index < -0.39 is 0 Å². The van der Waals surface area contributed by atoms with Gasteiger partial charge in [-0.15, -0.1) is 0 Å². The maximum Gasteiger partial charge on any atom is 0.133 e. The Bertz CT molecular complexity index is 187. The molecule has 0 spiro atoms. The second kappa shape index (κ2) is 5.15. The molecule has 0 aromatic carbocycles. The van der Waals surface area contributed by atoms with Crippen molar-refractivity contribution in [3.05, 3.63) is 0 Å². The summed E-state index contributed by atoms with van der Waals surface area (Å²) >= 11 is 0. The van der Waals surface area contributed by atoms with Crippen LogP contribution < -0.4 is 0 Å². The summed E-state index contributed by atoms with van der Waals surface area (Å²) in [6.07, 6.45) is 2.42. The number of carbonyl (C=O) groups excluding carboxylic acids is 2. The Kier molecular flexibility index (Phi) is 4.89. The van der Waals surface area contributed by atoms with Crippen LogP contribution in [0.5, 0.6) is 0 Å². The molecular weight excluding hydrogens is 164 g/mol. The van der Waals surface area contributed by atoms with Gasteiger partial charge in [0.25, 0.3) is 0 Å². The second-order valence-corrected chi connectivity index (χ2v) is 4.83. The molecule has 0 aliphatic heterocycles. The number of rotatable bonds is 5. The lowest BCUT2D eigenvalue weighted by atomic mass is 9.88. The Morgan fingerprint density at radius 1 is 1.08 bits per heavy atom. The monoisotopic (exact) mass is 184 g/mol. The Hall–Kier alpha value is -0.660. The largest absolute Gasteiger partial charge is 0.300 e. The van der Waals surface area contributed by atoms with E-state index in [1.54, 1.807) is 6.92 Å². The van der Waals surface area contributed by atoms with E-state index in [4.69, 9.17) is 0 Å². The van der Waals surface area contributed by atoms with Crippen molar-refractivity contribution >= 4 is 11.6 Å². The van der Waals surface area contributed by atoms with E-state index in [1.807, 2.05) is 0 Å². The molecule has 0 fully saturated rings. The molecule has 76 valence electrons. The summed E-state index contributed by atoms with van der Waals surface area (Å²) in [5, 5.41) is 0. The smallest absolute Gasteiger partial charge is 0.133 e. The van der Waals surface area contributed by atoms with E-state index in [0.29, 0.717) is 25.7 Å². The van der Waals surface area contributed by atoms with E-state index in [9.17, 15) is 9.59 Å². The van der Waals surface area contributed by atoms with Crippen LogP contribution in [0.3, 0.4) is 0 Å². The van der Waals surface area contributed by atoms with Gasteiger partial charge in [-0.2, -0.15) is 0 Å². The van der Waals surface area contributed by atoms with Gasteiger partial charge in [-0.3, -0.25) is 4.79 Å². The van der Waals surface area contributed by atoms with E-state index in [0.717, 1.165) is 0 Å². The summed E-state index contributed by atoms with van der Waals surface area (Å²) in [6.45, 7) is 7.72. The summed E-state index contributed by atoms with van der Waals surface area (Å²) in [7, 11) is 0. The zero-order valence-electron chi connectivity index (χ0n) is 9.14. The molecule has 0 aliphatic rings. The highest BCUT2D eigenvalue weighted by Gasteiger charge is 2.15. The third-order valence-electron chi connectivity index (χ3n) is 1.71. The van der Waals surface area contributed by atoms with Gasteiger partial charge in [-0.1, -0.05) is 20.8 Å². The van der Waals surface area contributed by atoms with Crippen molar-refractivity contribution in [3.8, 4) is 0 Å². The Labute approximate surface area is 80.7 Å². The lowest BCUT2D eigenvalue weighted by Crippen LogP contribution is -2.12. The van der Waals surface area contributed by atoms with Crippen LogP contribution in [0.1, 0.15) is 53.4 Å². The normalized spacial score (nSPS) is 11.4. The van der Waals surface area contributed by atoms with Crippen LogP contribution in [0.25, 0.3) is 0 Å². The van der Waals surface area contributed by atoms with E-state index in [1.165, 1.54) is 0 Å². The number of hydrogen-bond acceptors (Lipinski definition) is 2. The van der Waals surface area contributed by atoms with Gasteiger partial charge in [-0.05, 0) is 18.8 Å². The Balaban J connectivity index is 3.59. The molecule has 13 heavy (non-hydrogen) atoms. The van der Waals surface area contributed by atoms with Crippen molar-refractivity contribution in [2.24, 2.45) is 5.41 Å². The maximum atomic E-state index is 11.3. The average Bonchev–Trinajstić information content (AvgIpc) is 1.81. The topological polar surface area (TPSA) is 34.1 Å². The molecule has 0 aromatic rings. The van der Waals surface area contributed by atoms with Gasteiger partial charge in [0.2, 0.25) is 0 Å². The van der Waals surface area contributed by atoms with Crippen LogP contribution in [0.4, 0.5) is 0 Å². The molecule has 0 aromatic heterocycles. The van der Waals surface area contributed by atoms with Crippen molar-refractivity contribution in [3.63, 3.8) is 0 Å². The van der Waals surface area contributed by atoms with Gasteiger partial charge in [-0.25, -0.2) is 0 Å². The molecule has 0 heterocycles. The van der Waals surface area contributed by atoms with Crippen molar-refractivity contribution in [1.29, 1.82) is 0 Å². The summed E-state index contributed by atoms with van der Waals surface area (Å²) < 4.78 is 0. The van der Waals surface area contributed by atoms with Crippen LogP contribution in [-0.4, -0.2) is 11.6 Å². The van der Waals surface area contributed by atoms with Crippen LogP contribution in [0.2, 0.25) is 0 Å². The molecule has 0 unspecified atom stereocenters. The molecule has 0 radical (unpaired) electrons. The zero-order chi connectivity index (χ0) is 10.5. The lowest BCUT2D eigenvalue weighted by molar-refractivity contribution is -0.121. The van der Waals surface area contributed by atoms with Crippen LogP contribution in [-0.2, 0) is 9.59 Å². The molecule has 0 atom stereocenters. The highest BCUT2D eigenvalue weighted by Crippen LogP contribution is 2.20. The predicted octanol–water partition coefficient (Wildman–Crippen LogP) is 2.75. The van der Waals surface area contributed by atoms with Crippen LogP contribution in [0.15, 0.2) is 0 Å². The van der Waals surface area contributed by atoms with Gasteiger partial charge in [0.15, 0.2) is 0 Å². The van der Waals surface area contributed by atoms with Gasteiger partial charge in [0, 0.05) is 19.3 Å². The molecule has 2 nitrogen and oxygen atoms in total. The molecule has 0 amide bonds. The Morgan fingerprint density at radius 3 is 2.00 bits per heavy atom. The van der Waals surface area contributed by atoms with Crippen LogP contribution in [0, 0.1) is 5.41 Å². The van der Waals surface area contributed by atoms with Crippen molar-refractivity contribution in [2.75, 3.05) is 0 Å². The van der Waals surface area contributed by atoms with E-state index in [2.05, 4.69) is 20.8 Å². The van der Waals surface area contributed by atoms with Gasteiger partial charge < -0.3 is 4.79 Å². The fourth-order valence-electron chi connectivity index (χ4n) is 1.21. The first-order valence-electron chi connectivity index (χ1n) is 4.82. The molecular formula is C11H20O2. The Morgan fingerprint density at radius 2 is 1.62 bits per heavy atom. The summed E-state index contributed by atoms with van der Waals surface area (Å²) in [6, 6.07) is 0. The molecule has 0 bridgehead atoms. The minimum Gasteiger partial charge on any atom is -0.300 e. The summed E-state index contributed by atoms with van der Waals surface area (Å²) in [5.41, 5.74) is 0.0767. The first-order valence-corrected chi connectivity index (χ1v) is 4.82. The number of Topliss-reactive ketones (excluding diaryl/α,β-unsaturated/α-hetero) is 2. The van der Waals surface area contributed by atoms with Crippen molar-refractivity contribution in [2.45, 2.75) is 53.4 Å². The van der Waals surface area contributed by atoms with Crippen molar-refractivity contribution in [1.82, 2.24) is 0 Å². The SMILES string of the molecule is CC(=O)CCCC(=O)CC(C)(C)C. The fourth-order valence-corrected chi connectivity index (χ4v) is 1.21. The third-order valence-corrected chi connectivity index (χ3v) is 1.71. The minimum absolute atomic E-state index is 0.0767. The average molecular weight is 184 g/mol. The first-order chi connectivity index (χ1) is 5.81. The standard InChI is InChI=1S/C11H20O2/c1-9(12)6-5-7-10(13)8-11(2,3)4/h5-8H2,1-4H3. The molecule has 0 rings (SSSR count). The van der Waals surface area contributed by atoms with Gasteiger partial charge >= 0.3 is 0 Å². The van der Waals surface area contributed by atoms with Crippen molar-refractivity contribution < 1.29 is 9.59 Å². The number of hydrogen-bond donors (Lipinski definition) is 0. The lowest BCUT2D eigenvalue weighted by Gasteiger charge is -2.16. The summed E-state index contributed by atoms with van der Waals surface area (Å²) in [4.78, 5) is 21.9. The molecule has 0 N–H and O–H groups in total. The second-order valence-electron chi connectivity index (χ2n) is 4.83. The zero-order valence-corrected chi connectivity index (χ0v) is 9.14. The van der Waals surface area contributed by atoms with Crippen LogP contribution >= 0.6 is 0 Å². The minimum atomic E-state index is 0.0767. The quantitative estimate of drug-likeness (QED) is 0.658. The molecule has 0 saturated heterocycles. The van der Waals surface area contributed by atoms with E-state index in [-0.39, 0.29) is 17.0 Å². The first kappa shape index (κ1) is 12.3. The highest BCUT2D eigenvalue weighted by atomic mass is 16.1. The highest BCUT2D eigenvalue weighted by molar-refractivity contribution is 5.80. The van der Waals surface area contributed by atoms with Gasteiger partial charge in [0.05, 0.1) is 0 Å². The number of ketones is 2. The fraction of sp³-hybridized carbons (Fsp3) is 0.818. The van der Waals surface area contributed by atoms with Gasteiger partial charge in [0.1, 0.15) is 11.6 Å². The maximum absolute atomic E-state index is 11.3. The molecule has 0 aliphatic carbocycles. The predicted molar refractivity (Wildman–Crippen MR) is 53.6 cm³/mol. The van der Waals surface area contributed by atoms with E-state index >= 15 is 0 Å². The molecule has 0 saturated carbocycles. The number of carbonyl (C=O) groups is 2. The third kappa shape index (κ3) is 9.25.